The molecule has 0 amide bonds. The Kier molecular flexibility index (Phi) is 1.92. The Hall–Kier alpha value is -1.16. The first-order valence-electron chi connectivity index (χ1n) is 3.94. The minimum atomic E-state index is -1.10. The highest BCUT2D eigenvalue weighted by atomic mass is 35.5. The number of halogens is 1. The van der Waals surface area contributed by atoms with Gasteiger partial charge in [-0.2, -0.15) is 0 Å². The quantitative estimate of drug-likeness (QED) is 0.786. The van der Waals surface area contributed by atoms with Gasteiger partial charge >= 0.3 is 5.97 Å². The van der Waals surface area contributed by atoms with Gasteiger partial charge in [0.2, 0.25) is 0 Å². The predicted molar refractivity (Wildman–Crippen MR) is 46.0 cm³/mol. The van der Waals surface area contributed by atoms with E-state index < -0.39 is 5.97 Å². The summed E-state index contributed by atoms with van der Waals surface area (Å²) in [7, 11) is 0. The molecule has 1 fully saturated rings. The Labute approximate surface area is 79.6 Å². The predicted octanol–water partition coefficient (Wildman–Crippen LogP) is 1.71. The summed E-state index contributed by atoms with van der Waals surface area (Å²) >= 11 is 5.61. The standard InChI is InChI=1S/C8H7ClN2O2/c9-5-3-10-7(4-1-2-4)11-6(5)8(12)13/h3-4H,1-2H2,(H,12,13). The molecule has 1 N–H and O–H groups in total. The molecule has 0 radical (unpaired) electrons. The Bertz CT molecular complexity index is 363. The zero-order chi connectivity index (χ0) is 9.42. The zero-order valence-electron chi connectivity index (χ0n) is 6.70. The van der Waals surface area contributed by atoms with E-state index in [4.69, 9.17) is 16.7 Å². The highest BCUT2D eigenvalue weighted by Crippen LogP contribution is 2.38. The van der Waals surface area contributed by atoms with E-state index in [0.717, 1.165) is 12.8 Å². The van der Waals surface area contributed by atoms with Crippen molar-refractivity contribution in [2.75, 3.05) is 0 Å². The second kappa shape index (κ2) is 2.96. The van der Waals surface area contributed by atoms with Crippen LogP contribution >= 0.6 is 11.6 Å². The molecule has 1 aliphatic rings. The van der Waals surface area contributed by atoms with Crippen molar-refractivity contribution in [2.24, 2.45) is 0 Å². The van der Waals surface area contributed by atoms with Crippen LogP contribution in [-0.2, 0) is 0 Å². The van der Waals surface area contributed by atoms with Gasteiger partial charge in [-0.25, -0.2) is 14.8 Å². The van der Waals surface area contributed by atoms with Gasteiger partial charge in [0.1, 0.15) is 5.82 Å². The SMILES string of the molecule is O=C(O)c1nc(C2CC2)ncc1Cl. The first-order valence-corrected chi connectivity index (χ1v) is 4.32. The van der Waals surface area contributed by atoms with Crippen molar-refractivity contribution in [3.05, 3.63) is 22.7 Å². The van der Waals surface area contributed by atoms with Crippen molar-refractivity contribution < 1.29 is 9.90 Å². The van der Waals surface area contributed by atoms with Crippen LogP contribution in [0.4, 0.5) is 0 Å². The number of hydrogen-bond donors (Lipinski definition) is 1. The number of carboxylic acids is 1. The summed E-state index contributed by atoms with van der Waals surface area (Å²) in [5.41, 5.74) is -0.0985. The first kappa shape index (κ1) is 8.44. The number of aromatic carboxylic acids is 1. The molecule has 1 heterocycles. The molecule has 1 aromatic heterocycles. The molecule has 1 aromatic rings. The Morgan fingerprint density at radius 2 is 2.31 bits per heavy atom. The van der Waals surface area contributed by atoms with E-state index in [-0.39, 0.29) is 10.7 Å². The summed E-state index contributed by atoms with van der Waals surface area (Å²) in [5, 5.41) is 8.81. The lowest BCUT2D eigenvalue weighted by molar-refractivity contribution is 0.0690. The van der Waals surface area contributed by atoms with E-state index in [1.165, 1.54) is 6.20 Å². The van der Waals surface area contributed by atoms with Crippen molar-refractivity contribution in [2.45, 2.75) is 18.8 Å². The van der Waals surface area contributed by atoms with Gasteiger partial charge in [0, 0.05) is 5.92 Å². The van der Waals surface area contributed by atoms with Crippen molar-refractivity contribution in [3.8, 4) is 0 Å². The molecule has 1 aliphatic carbocycles. The molecule has 5 heteroatoms. The molecule has 68 valence electrons. The summed E-state index contributed by atoms with van der Waals surface area (Å²) in [4.78, 5) is 18.5. The number of carboxylic acid groups (broad SMARTS) is 1. The number of rotatable bonds is 2. The molecule has 0 spiro atoms. The van der Waals surface area contributed by atoms with Gasteiger partial charge in [0.05, 0.1) is 11.2 Å². The molecule has 0 saturated heterocycles. The van der Waals surface area contributed by atoms with Gasteiger partial charge in [0.25, 0.3) is 0 Å². The number of hydrogen-bond acceptors (Lipinski definition) is 3. The van der Waals surface area contributed by atoms with Crippen LogP contribution in [0.15, 0.2) is 6.20 Å². The number of aromatic nitrogens is 2. The third-order valence-corrected chi connectivity index (χ3v) is 2.18. The normalized spacial score (nSPS) is 15.8. The molecule has 0 atom stereocenters. The van der Waals surface area contributed by atoms with Gasteiger partial charge in [-0.15, -0.1) is 0 Å². The molecule has 0 aliphatic heterocycles. The van der Waals surface area contributed by atoms with E-state index in [1.54, 1.807) is 0 Å². The Balaban J connectivity index is 2.41. The fraction of sp³-hybridized carbons (Fsp3) is 0.375. The minimum absolute atomic E-state index is 0.0944. The van der Waals surface area contributed by atoms with Gasteiger partial charge in [-0.3, -0.25) is 0 Å². The van der Waals surface area contributed by atoms with E-state index in [1.807, 2.05) is 0 Å². The van der Waals surface area contributed by atoms with Gasteiger partial charge in [-0.05, 0) is 12.8 Å². The van der Waals surface area contributed by atoms with Crippen LogP contribution in [-0.4, -0.2) is 21.0 Å². The summed E-state index contributed by atoms with van der Waals surface area (Å²) in [6, 6.07) is 0. The zero-order valence-corrected chi connectivity index (χ0v) is 7.45. The second-order valence-corrected chi connectivity index (χ2v) is 3.41. The van der Waals surface area contributed by atoms with Crippen LogP contribution < -0.4 is 0 Å². The molecular formula is C8H7ClN2O2. The van der Waals surface area contributed by atoms with Crippen molar-refractivity contribution >= 4 is 17.6 Å². The Morgan fingerprint density at radius 1 is 1.62 bits per heavy atom. The largest absolute Gasteiger partial charge is 0.476 e. The lowest BCUT2D eigenvalue weighted by Gasteiger charge is -1.99. The lowest BCUT2D eigenvalue weighted by atomic mass is 10.3. The van der Waals surface area contributed by atoms with E-state index in [2.05, 4.69) is 9.97 Å². The van der Waals surface area contributed by atoms with Crippen LogP contribution in [0.1, 0.15) is 35.1 Å². The van der Waals surface area contributed by atoms with E-state index in [0.29, 0.717) is 11.7 Å². The van der Waals surface area contributed by atoms with Crippen molar-refractivity contribution in [1.29, 1.82) is 0 Å². The fourth-order valence-electron chi connectivity index (χ4n) is 1.07. The average Bonchev–Trinajstić information content (AvgIpc) is 2.87. The van der Waals surface area contributed by atoms with Crippen LogP contribution in [0, 0.1) is 0 Å². The molecule has 4 nitrogen and oxygen atoms in total. The van der Waals surface area contributed by atoms with Crippen molar-refractivity contribution in [1.82, 2.24) is 9.97 Å². The maximum absolute atomic E-state index is 10.6. The van der Waals surface area contributed by atoms with Gasteiger partial charge < -0.3 is 5.11 Å². The smallest absolute Gasteiger partial charge is 0.356 e. The third kappa shape index (κ3) is 1.62. The number of nitrogens with zero attached hydrogens (tertiary/aromatic N) is 2. The van der Waals surface area contributed by atoms with Crippen LogP contribution in [0.2, 0.25) is 5.02 Å². The number of carbonyl (C=O) groups is 1. The van der Waals surface area contributed by atoms with E-state index in [9.17, 15) is 4.79 Å². The second-order valence-electron chi connectivity index (χ2n) is 3.00. The van der Waals surface area contributed by atoms with Gasteiger partial charge in [0.15, 0.2) is 5.69 Å². The highest BCUT2D eigenvalue weighted by Gasteiger charge is 2.27. The summed E-state index contributed by atoms with van der Waals surface area (Å²) < 4.78 is 0. The molecular weight excluding hydrogens is 192 g/mol. The average molecular weight is 199 g/mol. The molecule has 0 aromatic carbocycles. The minimum Gasteiger partial charge on any atom is -0.476 e. The maximum Gasteiger partial charge on any atom is 0.356 e. The van der Waals surface area contributed by atoms with Gasteiger partial charge in [-0.1, -0.05) is 11.6 Å². The molecule has 0 bridgehead atoms. The van der Waals surface area contributed by atoms with Crippen LogP contribution in [0.5, 0.6) is 0 Å². The molecule has 13 heavy (non-hydrogen) atoms. The summed E-state index contributed by atoms with van der Waals surface area (Å²) in [6.45, 7) is 0. The van der Waals surface area contributed by atoms with E-state index >= 15 is 0 Å². The summed E-state index contributed by atoms with van der Waals surface area (Å²) in [5.74, 6) is -0.161. The molecule has 2 rings (SSSR count). The highest BCUT2D eigenvalue weighted by molar-refractivity contribution is 6.33. The molecule has 0 unspecified atom stereocenters. The molecule has 1 saturated carbocycles. The first-order chi connectivity index (χ1) is 6.18. The monoisotopic (exact) mass is 198 g/mol. The maximum atomic E-state index is 10.6. The topological polar surface area (TPSA) is 63.1 Å². The third-order valence-electron chi connectivity index (χ3n) is 1.91. The lowest BCUT2D eigenvalue weighted by Crippen LogP contribution is -2.05. The van der Waals surface area contributed by atoms with Crippen LogP contribution in [0.25, 0.3) is 0 Å². The Morgan fingerprint density at radius 3 is 2.85 bits per heavy atom. The fourth-order valence-corrected chi connectivity index (χ4v) is 1.24. The van der Waals surface area contributed by atoms with Crippen molar-refractivity contribution in [3.63, 3.8) is 0 Å². The van der Waals surface area contributed by atoms with Crippen LogP contribution in [0.3, 0.4) is 0 Å². The summed E-state index contributed by atoms with van der Waals surface area (Å²) in [6.07, 6.45) is 3.44.